The number of nitrogens with zero attached hydrogens (tertiary/aromatic N) is 4. The van der Waals surface area contributed by atoms with Gasteiger partial charge in [-0.25, -0.2) is 4.98 Å². The van der Waals surface area contributed by atoms with E-state index in [1.165, 1.54) is 6.20 Å². The third-order valence-corrected chi connectivity index (χ3v) is 6.00. The summed E-state index contributed by atoms with van der Waals surface area (Å²) in [5, 5.41) is 13.2. The quantitative estimate of drug-likeness (QED) is 0.277. The minimum atomic E-state index is -0.686. The molecule has 0 bridgehead atoms. The van der Waals surface area contributed by atoms with Crippen LogP contribution in [0, 0.1) is 0 Å². The van der Waals surface area contributed by atoms with Gasteiger partial charge in [0.2, 0.25) is 5.95 Å². The van der Waals surface area contributed by atoms with Gasteiger partial charge in [-0.1, -0.05) is 6.07 Å². The highest BCUT2D eigenvalue weighted by Gasteiger charge is 2.19. The summed E-state index contributed by atoms with van der Waals surface area (Å²) in [7, 11) is 1.55. The number of primary amides is 1. The number of nitrogens with two attached hydrogens (primary N) is 1. The fourth-order valence-corrected chi connectivity index (χ4v) is 4.09. The molecule has 0 atom stereocenters. The number of methoxy groups -OCH3 is 1. The number of aromatic amines is 1. The van der Waals surface area contributed by atoms with E-state index in [1.54, 1.807) is 48.5 Å². The largest absolute Gasteiger partial charge is 0.494 e. The second kappa shape index (κ2) is 11.0. The Morgan fingerprint density at radius 2 is 1.87 bits per heavy atom. The Bertz CT molecular complexity index is 1430. The van der Waals surface area contributed by atoms with Crippen molar-refractivity contribution in [3.8, 4) is 17.0 Å². The minimum Gasteiger partial charge on any atom is -0.494 e. The molecule has 0 aliphatic carbocycles. The molecular weight excluding hydrogens is 488 g/mol. The van der Waals surface area contributed by atoms with Crippen molar-refractivity contribution in [3.05, 3.63) is 72.1 Å². The van der Waals surface area contributed by atoms with Crippen LogP contribution in [-0.2, 0) is 4.74 Å². The molecule has 0 spiro atoms. The molecule has 38 heavy (non-hydrogen) atoms. The standard InChI is InChI=1S/C26H26N8O4/c1-37-22-18(20-9-10-29-33-20)3-2-4-21(22)31-24-19(23(27)35)15-28-26(32-24)30-17-7-5-16(6-8-17)25(36)34-11-13-38-14-12-34/h2-10,15H,11-14H2,1H3,(H2,27,35)(H,29,33)(H2,28,30,31,32). The lowest BCUT2D eigenvalue weighted by atomic mass is 10.1. The number of benzene rings is 2. The van der Waals surface area contributed by atoms with E-state index < -0.39 is 5.91 Å². The van der Waals surface area contributed by atoms with Crippen molar-refractivity contribution in [2.45, 2.75) is 0 Å². The molecule has 2 aromatic heterocycles. The number of amides is 2. The van der Waals surface area contributed by atoms with Gasteiger partial charge in [0.25, 0.3) is 11.8 Å². The van der Waals surface area contributed by atoms with Crippen LogP contribution in [0.25, 0.3) is 11.3 Å². The minimum absolute atomic E-state index is 0.0419. The van der Waals surface area contributed by atoms with Crippen molar-refractivity contribution in [1.29, 1.82) is 0 Å². The van der Waals surface area contributed by atoms with Gasteiger partial charge in [0, 0.05) is 42.3 Å². The number of aromatic nitrogens is 4. The van der Waals surface area contributed by atoms with Crippen LogP contribution in [0.2, 0.25) is 0 Å². The molecule has 2 aromatic carbocycles. The van der Waals surface area contributed by atoms with Gasteiger partial charge in [0.1, 0.15) is 11.4 Å². The van der Waals surface area contributed by atoms with Gasteiger partial charge >= 0.3 is 0 Å². The van der Waals surface area contributed by atoms with Gasteiger partial charge in [0.15, 0.2) is 5.75 Å². The molecule has 12 nitrogen and oxygen atoms in total. The zero-order chi connectivity index (χ0) is 26.5. The highest BCUT2D eigenvalue weighted by molar-refractivity contribution is 5.98. The van der Waals surface area contributed by atoms with E-state index in [0.717, 1.165) is 11.3 Å². The van der Waals surface area contributed by atoms with Crippen molar-refractivity contribution in [1.82, 2.24) is 25.1 Å². The average molecular weight is 515 g/mol. The van der Waals surface area contributed by atoms with Gasteiger partial charge in [-0.05, 0) is 42.5 Å². The predicted molar refractivity (Wildman–Crippen MR) is 141 cm³/mol. The molecule has 1 aliphatic rings. The van der Waals surface area contributed by atoms with Crippen molar-refractivity contribution in [2.24, 2.45) is 5.73 Å². The number of para-hydroxylation sites is 1. The van der Waals surface area contributed by atoms with E-state index >= 15 is 0 Å². The van der Waals surface area contributed by atoms with Crippen molar-refractivity contribution >= 4 is 35.0 Å². The molecule has 5 N–H and O–H groups in total. The first-order valence-electron chi connectivity index (χ1n) is 11.9. The summed E-state index contributed by atoms with van der Waals surface area (Å²) in [6, 6.07) is 14.3. The normalized spacial score (nSPS) is 13.1. The first-order chi connectivity index (χ1) is 18.5. The highest BCUT2D eigenvalue weighted by atomic mass is 16.5. The van der Waals surface area contributed by atoms with Crippen LogP contribution >= 0.6 is 0 Å². The van der Waals surface area contributed by atoms with Crippen molar-refractivity contribution < 1.29 is 19.1 Å². The topological polar surface area (TPSA) is 160 Å². The molecule has 1 aliphatic heterocycles. The Labute approximate surface area is 218 Å². The lowest BCUT2D eigenvalue weighted by Gasteiger charge is -2.26. The number of carbonyl (C=O) groups excluding carboxylic acids is 2. The second-order valence-corrected chi connectivity index (χ2v) is 8.41. The van der Waals surface area contributed by atoms with Gasteiger partial charge < -0.3 is 30.7 Å². The molecule has 5 rings (SSSR count). The average Bonchev–Trinajstić information content (AvgIpc) is 3.48. The number of carbonyl (C=O) groups is 2. The summed E-state index contributed by atoms with van der Waals surface area (Å²) in [4.78, 5) is 35.3. The summed E-state index contributed by atoms with van der Waals surface area (Å²) in [5.41, 5.74) is 9.04. The molecule has 3 heterocycles. The van der Waals surface area contributed by atoms with Crippen molar-refractivity contribution in [3.63, 3.8) is 0 Å². The van der Waals surface area contributed by atoms with E-state index in [2.05, 4.69) is 30.8 Å². The van der Waals surface area contributed by atoms with Crippen LogP contribution in [0.5, 0.6) is 5.75 Å². The lowest BCUT2D eigenvalue weighted by Crippen LogP contribution is -2.40. The fourth-order valence-electron chi connectivity index (χ4n) is 4.09. The number of anilines is 4. The Morgan fingerprint density at radius 1 is 1.08 bits per heavy atom. The fraction of sp³-hybridized carbons (Fsp3) is 0.192. The van der Waals surface area contributed by atoms with Gasteiger partial charge in [-0.2, -0.15) is 10.1 Å². The monoisotopic (exact) mass is 514 g/mol. The van der Waals surface area contributed by atoms with Crippen molar-refractivity contribution in [2.75, 3.05) is 44.0 Å². The van der Waals surface area contributed by atoms with E-state index in [4.69, 9.17) is 15.2 Å². The van der Waals surface area contributed by atoms with Crippen LogP contribution < -0.4 is 21.1 Å². The molecule has 4 aromatic rings. The molecule has 12 heteroatoms. The van der Waals surface area contributed by atoms with Crippen LogP contribution in [0.3, 0.4) is 0 Å². The first kappa shape index (κ1) is 24.7. The molecule has 0 radical (unpaired) electrons. The van der Waals surface area contributed by atoms with Gasteiger partial charge in [0.05, 0.1) is 31.7 Å². The maximum atomic E-state index is 12.7. The van der Waals surface area contributed by atoms with E-state index in [9.17, 15) is 9.59 Å². The zero-order valence-electron chi connectivity index (χ0n) is 20.6. The SMILES string of the molecule is COc1c(Nc2nc(Nc3ccc(C(=O)N4CCOCC4)cc3)ncc2C(N)=O)cccc1-c1ccn[nH]1. The highest BCUT2D eigenvalue weighted by Crippen LogP contribution is 2.37. The molecule has 0 saturated carbocycles. The predicted octanol–water partition coefficient (Wildman–Crippen LogP) is 2.93. The van der Waals surface area contributed by atoms with E-state index in [0.29, 0.717) is 49.0 Å². The molecule has 1 fully saturated rings. The molecule has 0 unspecified atom stereocenters. The summed E-state index contributed by atoms with van der Waals surface area (Å²) < 4.78 is 11.0. The third-order valence-electron chi connectivity index (χ3n) is 6.00. The number of rotatable bonds is 8. The van der Waals surface area contributed by atoms with Gasteiger partial charge in [-0.3, -0.25) is 14.7 Å². The van der Waals surface area contributed by atoms with Gasteiger partial charge in [-0.15, -0.1) is 0 Å². The number of H-pyrrole nitrogens is 1. The molecule has 1 saturated heterocycles. The van der Waals surface area contributed by atoms with Crippen LogP contribution in [-0.4, -0.2) is 70.3 Å². The van der Waals surface area contributed by atoms with E-state index in [-0.39, 0.29) is 23.2 Å². The smallest absolute Gasteiger partial charge is 0.254 e. The summed E-state index contributed by atoms with van der Waals surface area (Å²) in [6.45, 7) is 2.23. The van der Waals surface area contributed by atoms with Crippen LogP contribution in [0.1, 0.15) is 20.7 Å². The maximum Gasteiger partial charge on any atom is 0.254 e. The number of nitrogens with one attached hydrogen (secondary N) is 3. The number of hydrogen-bond acceptors (Lipinski definition) is 9. The van der Waals surface area contributed by atoms with Crippen LogP contribution in [0.15, 0.2) is 60.9 Å². The van der Waals surface area contributed by atoms with E-state index in [1.807, 2.05) is 18.2 Å². The Hall–Kier alpha value is -4.97. The maximum absolute atomic E-state index is 12.7. The van der Waals surface area contributed by atoms with Crippen LogP contribution in [0.4, 0.5) is 23.1 Å². The summed E-state index contributed by atoms with van der Waals surface area (Å²) >= 11 is 0. The Kier molecular flexibility index (Phi) is 7.13. The zero-order valence-corrected chi connectivity index (χ0v) is 20.6. The third kappa shape index (κ3) is 5.25. The number of morpholine rings is 1. The second-order valence-electron chi connectivity index (χ2n) is 8.41. The first-order valence-corrected chi connectivity index (χ1v) is 11.9. The number of hydrogen-bond donors (Lipinski definition) is 4. The molecule has 194 valence electrons. The Morgan fingerprint density at radius 3 is 2.55 bits per heavy atom. The molecule has 2 amide bonds. The number of ether oxygens (including phenoxy) is 2. The Balaban J connectivity index is 1.38. The summed E-state index contributed by atoms with van der Waals surface area (Å²) in [5.74, 6) is 0.233. The summed E-state index contributed by atoms with van der Waals surface area (Å²) in [6.07, 6.45) is 3.00. The molecular formula is C26H26N8O4. The lowest BCUT2D eigenvalue weighted by molar-refractivity contribution is 0.0303.